The van der Waals surface area contributed by atoms with E-state index >= 15 is 0 Å². The van der Waals surface area contributed by atoms with Crippen LogP contribution in [0.1, 0.15) is 49.9 Å². The Morgan fingerprint density at radius 2 is 1.52 bits per heavy atom. The zero-order valence-corrected chi connectivity index (χ0v) is 16.7. The topological polar surface area (TPSA) is 92.1 Å². The van der Waals surface area contributed by atoms with Gasteiger partial charge >= 0.3 is 0 Å². The third kappa shape index (κ3) is 2.78. The van der Waals surface area contributed by atoms with E-state index in [9.17, 15) is 9.90 Å². The highest BCUT2D eigenvalue weighted by atomic mass is 16.3. The molecular weight excluding hydrogens is 366 g/mol. The van der Waals surface area contributed by atoms with Crippen LogP contribution in [0.15, 0.2) is 37.2 Å². The molecule has 4 aliphatic carbocycles. The summed E-state index contributed by atoms with van der Waals surface area (Å²) in [4.78, 5) is 32.8. The third-order valence-electron chi connectivity index (χ3n) is 7.66. The van der Waals surface area contributed by atoms with Gasteiger partial charge in [0.05, 0.1) is 18.0 Å². The number of amides is 1. The molecule has 0 aromatic carbocycles. The predicted molar refractivity (Wildman–Crippen MR) is 106 cm³/mol. The summed E-state index contributed by atoms with van der Waals surface area (Å²) >= 11 is 0. The van der Waals surface area contributed by atoms with Crippen molar-refractivity contribution in [3.63, 3.8) is 0 Å². The molecule has 1 amide bonds. The fourth-order valence-electron chi connectivity index (χ4n) is 6.64. The summed E-state index contributed by atoms with van der Waals surface area (Å²) in [5.41, 5.74) is -0.540. The molecule has 0 aliphatic heterocycles. The van der Waals surface area contributed by atoms with E-state index in [-0.39, 0.29) is 11.4 Å². The Balaban J connectivity index is 1.59. The molecule has 152 valence electrons. The molecule has 7 nitrogen and oxygen atoms in total. The van der Waals surface area contributed by atoms with Crippen molar-refractivity contribution in [2.45, 2.75) is 49.5 Å². The maximum atomic E-state index is 14.2. The van der Waals surface area contributed by atoms with Crippen molar-refractivity contribution in [2.24, 2.45) is 17.8 Å². The summed E-state index contributed by atoms with van der Waals surface area (Å²) in [5.74, 6) is 2.02. The normalized spacial score (nSPS) is 30.3. The zero-order chi connectivity index (χ0) is 20.1. The van der Waals surface area contributed by atoms with Crippen LogP contribution in [0.3, 0.4) is 0 Å². The maximum absolute atomic E-state index is 14.2. The summed E-state index contributed by atoms with van der Waals surface area (Å²) in [5, 5.41) is 10.6. The Labute approximate surface area is 170 Å². The van der Waals surface area contributed by atoms with Gasteiger partial charge in [0.2, 0.25) is 5.91 Å². The van der Waals surface area contributed by atoms with Gasteiger partial charge in [0.1, 0.15) is 12.7 Å². The number of hydrogen-bond donors (Lipinski definition) is 1. The third-order valence-corrected chi connectivity index (χ3v) is 7.66. The highest BCUT2D eigenvalue weighted by Gasteiger charge is 2.57. The van der Waals surface area contributed by atoms with Crippen LogP contribution in [0.2, 0.25) is 0 Å². The lowest BCUT2D eigenvalue weighted by atomic mass is 9.52. The number of carbonyl (C=O) groups excluding carboxylic acids is 1. The molecule has 2 aromatic heterocycles. The van der Waals surface area contributed by atoms with Gasteiger partial charge in [0.15, 0.2) is 5.41 Å². The minimum absolute atomic E-state index is 0.119. The van der Waals surface area contributed by atoms with E-state index in [0.29, 0.717) is 11.4 Å². The molecule has 0 radical (unpaired) electrons. The Bertz CT molecular complexity index is 814. The van der Waals surface area contributed by atoms with Crippen molar-refractivity contribution < 1.29 is 9.90 Å². The van der Waals surface area contributed by atoms with Gasteiger partial charge < -0.3 is 10.0 Å². The molecule has 0 saturated heterocycles. The summed E-state index contributed by atoms with van der Waals surface area (Å²) < 4.78 is 0. The van der Waals surface area contributed by atoms with E-state index in [1.807, 2.05) is 11.9 Å². The van der Waals surface area contributed by atoms with Crippen molar-refractivity contribution in [1.82, 2.24) is 24.8 Å². The first-order chi connectivity index (χ1) is 14.1. The SMILES string of the molecule is CN(C(=O)C(CO)(c1ccncn1)c1ccncn1)C12CC3CC(CC(C3)C1)C2. The van der Waals surface area contributed by atoms with Crippen LogP contribution in [-0.2, 0) is 10.2 Å². The van der Waals surface area contributed by atoms with Crippen LogP contribution < -0.4 is 0 Å². The summed E-state index contributed by atoms with van der Waals surface area (Å²) in [6.07, 6.45) is 13.2. The number of aromatic nitrogens is 4. The molecule has 6 rings (SSSR count). The van der Waals surface area contributed by atoms with Crippen molar-refractivity contribution in [2.75, 3.05) is 13.7 Å². The van der Waals surface area contributed by atoms with E-state index in [1.165, 1.54) is 31.9 Å². The summed E-state index contributed by atoms with van der Waals surface area (Å²) in [6.45, 7) is -0.406. The maximum Gasteiger partial charge on any atom is 0.243 e. The second-order valence-corrected chi connectivity index (χ2v) is 9.26. The van der Waals surface area contributed by atoms with Crippen LogP contribution in [-0.4, -0.2) is 55.0 Å². The first-order valence-electron chi connectivity index (χ1n) is 10.5. The lowest BCUT2D eigenvalue weighted by molar-refractivity contribution is -0.153. The number of nitrogens with zero attached hydrogens (tertiary/aromatic N) is 5. The second-order valence-electron chi connectivity index (χ2n) is 9.26. The molecule has 4 aliphatic rings. The lowest BCUT2D eigenvalue weighted by Crippen LogP contribution is -2.64. The fourth-order valence-corrected chi connectivity index (χ4v) is 6.64. The molecule has 4 bridgehead atoms. The Morgan fingerprint density at radius 3 is 1.90 bits per heavy atom. The molecular formula is C22H27N5O2. The van der Waals surface area contributed by atoms with Crippen LogP contribution in [0.4, 0.5) is 0 Å². The van der Waals surface area contributed by atoms with Gasteiger partial charge in [-0.3, -0.25) is 4.79 Å². The number of likely N-dealkylation sites (N-methyl/N-ethyl adjacent to an activating group) is 1. The van der Waals surface area contributed by atoms with Crippen LogP contribution >= 0.6 is 0 Å². The van der Waals surface area contributed by atoms with Gasteiger partial charge in [-0.05, 0) is 68.4 Å². The van der Waals surface area contributed by atoms with Crippen molar-refractivity contribution in [1.29, 1.82) is 0 Å². The van der Waals surface area contributed by atoms with Crippen molar-refractivity contribution >= 4 is 5.91 Å². The van der Waals surface area contributed by atoms with Crippen molar-refractivity contribution in [3.8, 4) is 0 Å². The molecule has 2 aromatic rings. The minimum atomic E-state index is -1.36. The standard InChI is InChI=1S/C22H27N5O2/c1-27(21-9-15-6-16(10-21)8-17(7-15)11-21)20(29)22(12-28,18-2-4-23-13-25-18)19-3-5-24-14-26-19/h2-5,13-17,28H,6-12H2,1H3. The zero-order valence-electron chi connectivity index (χ0n) is 16.7. The van der Waals surface area contributed by atoms with Gasteiger partial charge in [-0.15, -0.1) is 0 Å². The van der Waals surface area contributed by atoms with Gasteiger partial charge in [-0.2, -0.15) is 0 Å². The number of hydrogen-bond acceptors (Lipinski definition) is 6. The molecule has 2 heterocycles. The summed E-state index contributed by atoms with van der Waals surface area (Å²) in [7, 11) is 1.92. The second kappa shape index (κ2) is 6.83. The molecule has 4 fully saturated rings. The number of rotatable bonds is 5. The van der Waals surface area contributed by atoms with E-state index in [1.54, 1.807) is 24.5 Å². The molecule has 7 heteroatoms. The average molecular weight is 393 g/mol. The fraction of sp³-hybridized carbons (Fsp3) is 0.591. The number of aliphatic hydroxyl groups is 1. The van der Waals surface area contributed by atoms with E-state index < -0.39 is 12.0 Å². The monoisotopic (exact) mass is 393 g/mol. The molecule has 1 N–H and O–H groups in total. The number of aliphatic hydroxyl groups excluding tert-OH is 1. The Kier molecular flexibility index (Phi) is 4.38. The highest BCUT2D eigenvalue weighted by Crippen LogP contribution is 2.58. The Morgan fingerprint density at radius 1 is 1.03 bits per heavy atom. The first kappa shape index (κ1) is 18.6. The van der Waals surface area contributed by atoms with Gasteiger partial charge in [0.25, 0.3) is 0 Å². The lowest BCUT2D eigenvalue weighted by Gasteiger charge is -2.60. The van der Waals surface area contributed by atoms with Gasteiger partial charge in [-0.25, -0.2) is 19.9 Å². The van der Waals surface area contributed by atoms with E-state index in [0.717, 1.165) is 37.0 Å². The quantitative estimate of drug-likeness (QED) is 0.835. The first-order valence-corrected chi connectivity index (χ1v) is 10.5. The Hall–Kier alpha value is -2.41. The molecule has 0 atom stereocenters. The molecule has 4 saturated carbocycles. The highest BCUT2D eigenvalue weighted by molar-refractivity contribution is 5.91. The van der Waals surface area contributed by atoms with Crippen LogP contribution in [0.5, 0.6) is 0 Å². The molecule has 0 unspecified atom stereocenters. The number of carbonyl (C=O) groups is 1. The van der Waals surface area contributed by atoms with Crippen LogP contribution in [0.25, 0.3) is 0 Å². The largest absolute Gasteiger partial charge is 0.394 e. The van der Waals surface area contributed by atoms with Crippen LogP contribution in [0, 0.1) is 17.8 Å². The van der Waals surface area contributed by atoms with E-state index in [4.69, 9.17) is 0 Å². The molecule has 0 spiro atoms. The predicted octanol–water partition coefficient (Wildman–Crippen LogP) is 1.97. The average Bonchev–Trinajstić information content (AvgIpc) is 2.74. The van der Waals surface area contributed by atoms with E-state index in [2.05, 4.69) is 19.9 Å². The van der Waals surface area contributed by atoms with Gasteiger partial charge in [0, 0.05) is 25.0 Å². The minimum Gasteiger partial charge on any atom is -0.394 e. The molecule has 29 heavy (non-hydrogen) atoms. The van der Waals surface area contributed by atoms with Crippen molar-refractivity contribution in [3.05, 3.63) is 48.6 Å². The van der Waals surface area contributed by atoms with Gasteiger partial charge in [-0.1, -0.05) is 0 Å². The summed E-state index contributed by atoms with van der Waals surface area (Å²) in [6, 6.07) is 3.40. The smallest absolute Gasteiger partial charge is 0.243 e.